The summed E-state index contributed by atoms with van der Waals surface area (Å²) in [6, 6.07) is 14.9. The Morgan fingerprint density at radius 2 is 1.87 bits per heavy atom. The predicted octanol–water partition coefficient (Wildman–Crippen LogP) is 1.25. The smallest absolute Gasteiger partial charge is 0.305 e. The van der Waals surface area contributed by atoms with Crippen LogP contribution in [0.2, 0.25) is 0 Å². The van der Waals surface area contributed by atoms with E-state index in [1.807, 2.05) is 32.0 Å². The van der Waals surface area contributed by atoms with E-state index in [1.54, 1.807) is 35.2 Å². The number of nitrogens with one attached hydrogen (secondary N) is 3. The molecule has 0 atom stereocenters. The summed E-state index contributed by atoms with van der Waals surface area (Å²) in [5.41, 5.74) is 5.34. The maximum absolute atomic E-state index is 13.2. The molecule has 0 saturated carbocycles. The molecule has 0 fully saturated rings. The van der Waals surface area contributed by atoms with Crippen LogP contribution in [0.15, 0.2) is 72.1 Å². The normalized spacial score (nSPS) is 11.3. The van der Waals surface area contributed by atoms with E-state index in [9.17, 15) is 25.1 Å². The summed E-state index contributed by atoms with van der Waals surface area (Å²) in [6.07, 6.45) is 3.19. The standard InChI is InChI=1S/C26H25N7O5/c1-16-6-8-19(17(2)12-16)28-26(36)23(30-31-24(34)15-32-10-4-3-5-11-32)14-22-25(35)29-21-13-18(33(37)38)7-9-20(21)27-22/h3-13H,14-15H2,1-2H3,(H4-,27,28,29,30,31,34,35,36,37,38). The number of nitrogens with zero attached hydrogens (tertiary/aromatic N) is 4. The number of hydrazone groups is 1. The molecule has 12 heteroatoms. The van der Waals surface area contributed by atoms with Crippen molar-refractivity contribution in [1.82, 2.24) is 20.3 Å². The number of fused-ring (bicyclic) bond motifs is 1. The van der Waals surface area contributed by atoms with Crippen molar-refractivity contribution in [2.45, 2.75) is 26.8 Å². The van der Waals surface area contributed by atoms with Gasteiger partial charge in [-0.1, -0.05) is 23.8 Å². The molecule has 2 aliphatic rings. The van der Waals surface area contributed by atoms with Crippen LogP contribution in [0.5, 0.6) is 5.88 Å². The van der Waals surface area contributed by atoms with Crippen molar-refractivity contribution < 1.29 is 19.3 Å². The highest BCUT2D eigenvalue weighted by atomic mass is 16.8. The van der Waals surface area contributed by atoms with Gasteiger partial charge in [-0.25, -0.2) is 10.4 Å². The second-order valence-electron chi connectivity index (χ2n) is 8.58. The van der Waals surface area contributed by atoms with Gasteiger partial charge >= 0.3 is 5.91 Å². The first kappa shape index (κ1) is 25.8. The van der Waals surface area contributed by atoms with Crippen LogP contribution >= 0.6 is 0 Å². The van der Waals surface area contributed by atoms with Gasteiger partial charge in [-0.3, -0.25) is 9.59 Å². The van der Waals surface area contributed by atoms with Crippen molar-refractivity contribution in [1.29, 1.82) is 0 Å². The first-order chi connectivity index (χ1) is 18.2. The monoisotopic (exact) mass is 515 g/mol. The number of benzene rings is 2. The van der Waals surface area contributed by atoms with Crippen LogP contribution in [-0.4, -0.2) is 32.6 Å². The number of H-pyrrole nitrogens is 1. The number of amides is 2. The number of aromatic amines is 1. The van der Waals surface area contributed by atoms with Crippen LogP contribution in [-0.2, 0) is 22.6 Å². The van der Waals surface area contributed by atoms with Gasteiger partial charge in [-0.15, -0.1) is 0 Å². The van der Waals surface area contributed by atoms with Gasteiger partial charge in [0.2, 0.25) is 17.8 Å². The van der Waals surface area contributed by atoms with E-state index in [0.717, 1.165) is 11.1 Å². The van der Waals surface area contributed by atoms with Gasteiger partial charge < -0.3 is 25.8 Å². The summed E-state index contributed by atoms with van der Waals surface area (Å²) in [4.78, 5) is 32.2. The Kier molecular flexibility index (Phi) is 7.61. The molecule has 12 nitrogen and oxygen atoms in total. The molecule has 2 heterocycles. The summed E-state index contributed by atoms with van der Waals surface area (Å²) in [5, 5.41) is 39.3. The number of hydrogen-bond donors (Lipinski definition) is 4. The number of hydrogen-bond acceptors (Lipinski definition) is 7. The number of carbonyl (C=O) groups is 2. The fourth-order valence-corrected chi connectivity index (χ4v) is 3.70. The lowest BCUT2D eigenvalue weighted by molar-refractivity contribution is -0.684. The number of carbonyl (C=O) groups excluding carboxylic acids is 2. The van der Waals surface area contributed by atoms with E-state index >= 15 is 0 Å². The van der Waals surface area contributed by atoms with Crippen LogP contribution in [0.1, 0.15) is 16.8 Å². The van der Waals surface area contributed by atoms with Crippen LogP contribution in [0.3, 0.4) is 0 Å². The Balaban J connectivity index is 1.63. The Bertz CT molecular complexity index is 1560. The van der Waals surface area contributed by atoms with Crippen molar-refractivity contribution in [3.63, 3.8) is 0 Å². The van der Waals surface area contributed by atoms with E-state index in [-0.39, 0.29) is 35.4 Å². The molecule has 0 bridgehead atoms. The number of anilines is 1. The molecule has 0 unspecified atom stereocenters. The first-order valence-electron chi connectivity index (χ1n) is 11.6. The molecule has 2 amide bonds. The van der Waals surface area contributed by atoms with Gasteiger partial charge in [-0.2, -0.15) is 14.6 Å². The summed E-state index contributed by atoms with van der Waals surface area (Å²) >= 11 is 0. The lowest BCUT2D eigenvalue weighted by atomic mass is 10.1. The molecule has 4 N–H and O–H groups in total. The van der Waals surface area contributed by atoms with Gasteiger partial charge in [0.05, 0.1) is 11.4 Å². The molecular weight excluding hydrogens is 490 g/mol. The van der Waals surface area contributed by atoms with Gasteiger partial charge in [-0.05, 0) is 31.5 Å². The van der Waals surface area contributed by atoms with Crippen molar-refractivity contribution in [2.75, 3.05) is 5.32 Å². The lowest BCUT2D eigenvalue weighted by Gasteiger charge is -2.13. The topological polar surface area (TPSA) is 172 Å². The lowest BCUT2D eigenvalue weighted by Crippen LogP contribution is -2.41. The molecule has 4 rings (SSSR count). The van der Waals surface area contributed by atoms with Crippen molar-refractivity contribution in [3.05, 3.63) is 99.6 Å². The first-order valence-corrected chi connectivity index (χ1v) is 11.6. The summed E-state index contributed by atoms with van der Waals surface area (Å²) in [5.74, 6) is -1.46. The zero-order valence-electron chi connectivity index (χ0n) is 20.6. The minimum Gasteiger partial charge on any atom is -0.612 e. The van der Waals surface area contributed by atoms with Crippen LogP contribution < -0.4 is 25.6 Å². The Morgan fingerprint density at radius 1 is 1.11 bits per heavy atom. The average Bonchev–Trinajstić information content (AvgIpc) is 2.88. The maximum atomic E-state index is 13.2. The Morgan fingerprint density at radius 3 is 2.58 bits per heavy atom. The zero-order chi connectivity index (χ0) is 27.2. The van der Waals surface area contributed by atoms with E-state index in [4.69, 9.17) is 0 Å². The van der Waals surface area contributed by atoms with Gasteiger partial charge in [0, 0.05) is 36.4 Å². The number of aryl methyl sites for hydroxylation is 2. The van der Waals surface area contributed by atoms with E-state index < -0.39 is 22.6 Å². The maximum Gasteiger partial charge on any atom is 0.305 e. The number of aromatic hydroxyl groups is 1. The Hall–Kier alpha value is -5.26. The summed E-state index contributed by atoms with van der Waals surface area (Å²) < 4.78 is 1.64. The SMILES string of the molecule is Cc1ccc(NC(=O)/C(Cc2nc3ccc(=[N+]([O-])[O-])cc-3[nH]c2O)=N/NC(=O)C[n+]2ccccc2)c(C)c1. The minimum absolute atomic E-state index is 0.0255. The number of aromatic nitrogens is 3. The van der Waals surface area contributed by atoms with Crippen molar-refractivity contribution >= 4 is 23.2 Å². The van der Waals surface area contributed by atoms with Gasteiger partial charge in [0.1, 0.15) is 11.4 Å². The Labute approximate surface area is 217 Å². The van der Waals surface area contributed by atoms with Crippen LogP contribution in [0.4, 0.5) is 5.69 Å². The summed E-state index contributed by atoms with van der Waals surface area (Å²) in [7, 11) is 0. The van der Waals surface area contributed by atoms with Crippen molar-refractivity contribution in [3.8, 4) is 17.3 Å². The van der Waals surface area contributed by atoms with Crippen molar-refractivity contribution in [2.24, 2.45) is 5.10 Å². The van der Waals surface area contributed by atoms with Crippen LogP contribution in [0, 0.1) is 24.3 Å². The van der Waals surface area contributed by atoms with E-state index in [1.165, 1.54) is 18.2 Å². The fourth-order valence-electron chi connectivity index (χ4n) is 3.70. The highest BCUT2D eigenvalue weighted by Crippen LogP contribution is 2.22. The zero-order valence-corrected chi connectivity index (χ0v) is 20.6. The largest absolute Gasteiger partial charge is 0.612 e. The molecular formula is C26H25N7O5. The molecule has 2 aromatic rings. The van der Waals surface area contributed by atoms with Crippen LogP contribution in [0.25, 0.3) is 11.4 Å². The minimum atomic E-state index is -0.602. The third-order valence-electron chi connectivity index (χ3n) is 5.62. The third-order valence-corrected chi connectivity index (χ3v) is 5.62. The molecule has 194 valence electrons. The molecule has 0 radical (unpaired) electrons. The molecule has 1 aromatic heterocycles. The number of pyridine rings is 1. The highest BCUT2D eigenvalue weighted by Gasteiger charge is 2.20. The molecule has 38 heavy (non-hydrogen) atoms. The van der Waals surface area contributed by atoms with E-state index in [2.05, 4.69) is 25.8 Å². The second kappa shape index (κ2) is 11.2. The molecule has 0 spiro atoms. The fraction of sp³-hybridized carbons (Fsp3) is 0.154. The molecule has 1 aliphatic carbocycles. The molecule has 1 aliphatic heterocycles. The van der Waals surface area contributed by atoms with Gasteiger partial charge in [0.15, 0.2) is 12.4 Å². The number of rotatable bonds is 7. The van der Waals surface area contributed by atoms with Gasteiger partial charge in [0.25, 0.3) is 5.91 Å². The molecule has 0 saturated heterocycles. The quantitative estimate of drug-likeness (QED) is 0.164. The third kappa shape index (κ3) is 6.29. The summed E-state index contributed by atoms with van der Waals surface area (Å²) in [6.45, 7) is 3.76. The predicted molar refractivity (Wildman–Crippen MR) is 139 cm³/mol. The van der Waals surface area contributed by atoms with E-state index in [0.29, 0.717) is 11.4 Å². The molecule has 1 aromatic carbocycles. The highest BCUT2D eigenvalue weighted by molar-refractivity contribution is 6.43. The average molecular weight is 516 g/mol. The second-order valence-corrected chi connectivity index (χ2v) is 8.58.